The van der Waals surface area contributed by atoms with Crippen molar-refractivity contribution in [2.24, 2.45) is 0 Å². The molecule has 6 aromatic rings. The number of aromatic amines is 2. The minimum absolute atomic E-state index is 0.766. The van der Waals surface area contributed by atoms with Crippen LogP contribution in [0.4, 0.5) is 0 Å². The second kappa shape index (κ2) is 8.17. The lowest BCUT2D eigenvalue weighted by Gasteiger charge is -2.10. The molecule has 6 rings (SSSR count). The Morgan fingerprint density at radius 3 is 2.59 bits per heavy atom. The molecule has 0 aliphatic heterocycles. The van der Waals surface area contributed by atoms with E-state index in [4.69, 9.17) is 4.98 Å². The maximum atomic E-state index is 4.96. The molecular weight excluding hydrogens is 424 g/mol. The minimum Gasteiger partial charge on any atom is -0.352 e. The van der Waals surface area contributed by atoms with Crippen LogP contribution in [0.15, 0.2) is 73.6 Å². The molecule has 0 saturated carbocycles. The summed E-state index contributed by atoms with van der Waals surface area (Å²) in [7, 11) is 4.09. The summed E-state index contributed by atoms with van der Waals surface area (Å²) < 4.78 is 0. The third-order valence-electron chi connectivity index (χ3n) is 5.77. The van der Waals surface area contributed by atoms with E-state index in [1.165, 1.54) is 0 Å². The molecule has 0 unspecified atom stereocenters. The van der Waals surface area contributed by atoms with Gasteiger partial charge in [-0.15, -0.1) is 0 Å². The van der Waals surface area contributed by atoms with Crippen molar-refractivity contribution in [2.45, 2.75) is 6.54 Å². The van der Waals surface area contributed by atoms with E-state index in [1.807, 2.05) is 69.3 Å². The number of rotatable bonds is 5. The van der Waals surface area contributed by atoms with Gasteiger partial charge in [-0.25, -0.2) is 4.98 Å². The number of fused-ring (bicyclic) bond motifs is 2. The van der Waals surface area contributed by atoms with Crippen molar-refractivity contribution in [1.29, 1.82) is 0 Å². The molecule has 2 N–H and O–H groups in total. The first kappa shape index (κ1) is 20.2. The Morgan fingerprint density at radius 1 is 0.853 bits per heavy atom. The minimum atomic E-state index is 0.766. The summed E-state index contributed by atoms with van der Waals surface area (Å²) >= 11 is 0. The van der Waals surface area contributed by atoms with Crippen molar-refractivity contribution < 1.29 is 0 Å². The van der Waals surface area contributed by atoms with Crippen LogP contribution in [-0.4, -0.2) is 54.1 Å². The molecule has 0 bridgehead atoms. The van der Waals surface area contributed by atoms with Crippen LogP contribution in [0.25, 0.3) is 55.7 Å². The zero-order chi connectivity index (χ0) is 23.1. The van der Waals surface area contributed by atoms with Gasteiger partial charge in [0.05, 0.1) is 28.6 Å². The average molecular weight is 447 g/mol. The number of nitrogens with zero attached hydrogens (tertiary/aromatic N) is 6. The lowest BCUT2D eigenvalue weighted by atomic mass is 10.1. The highest BCUT2D eigenvalue weighted by atomic mass is 15.1. The van der Waals surface area contributed by atoms with Gasteiger partial charge in [0.25, 0.3) is 0 Å². The third kappa shape index (κ3) is 3.60. The third-order valence-corrected chi connectivity index (χ3v) is 5.77. The van der Waals surface area contributed by atoms with Crippen molar-refractivity contribution in [3.05, 3.63) is 79.1 Å². The summed E-state index contributed by atoms with van der Waals surface area (Å²) in [6.45, 7) is 0.822. The first-order valence-corrected chi connectivity index (χ1v) is 11.0. The summed E-state index contributed by atoms with van der Waals surface area (Å²) in [5.74, 6) is 0. The number of nitrogens with one attached hydrogen (secondary N) is 2. The van der Waals surface area contributed by atoms with E-state index < -0.39 is 0 Å². The van der Waals surface area contributed by atoms with Crippen LogP contribution in [0, 0.1) is 0 Å². The molecule has 0 aliphatic rings. The first-order chi connectivity index (χ1) is 16.7. The fourth-order valence-corrected chi connectivity index (χ4v) is 4.26. The number of H-pyrrole nitrogens is 2. The monoisotopic (exact) mass is 446 g/mol. The van der Waals surface area contributed by atoms with E-state index in [2.05, 4.69) is 47.2 Å². The Kier molecular flexibility index (Phi) is 4.85. The largest absolute Gasteiger partial charge is 0.352 e. The normalized spacial score (nSPS) is 11.6. The van der Waals surface area contributed by atoms with E-state index in [-0.39, 0.29) is 0 Å². The van der Waals surface area contributed by atoms with Gasteiger partial charge in [0.1, 0.15) is 11.2 Å². The van der Waals surface area contributed by atoms with E-state index in [1.54, 1.807) is 6.20 Å². The lowest BCUT2D eigenvalue weighted by Crippen LogP contribution is -2.10. The molecule has 0 aromatic carbocycles. The molecule has 34 heavy (non-hydrogen) atoms. The average Bonchev–Trinajstić information content (AvgIpc) is 3.48. The Hall–Kier alpha value is -4.43. The van der Waals surface area contributed by atoms with Crippen LogP contribution in [0.5, 0.6) is 0 Å². The first-order valence-electron chi connectivity index (χ1n) is 11.0. The maximum absolute atomic E-state index is 4.96. The highest BCUT2D eigenvalue weighted by Gasteiger charge is 2.16. The molecular formula is C26H22N8. The predicted molar refractivity (Wildman–Crippen MR) is 133 cm³/mol. The Bertz CT molecular complexity index is 1610. The fraction of sp³-hybridized carbons (Fsp3) is 0.115. The second-order valence-corrected chi connectivity index (χ2v) is 8.56. The van der Waals surface area contributed by atoms with Crippen LogP contribution in [-0.2, 0) is 6.54 Å². The Morgan fingerprint density at radius 2 is 1.74 bits per heavy atom. The van der Waals surface area contributed by atoms with Gasteiger partial charge in [0, 0.05) is 59.6 Å². The van der Waals surface area contributed by atoms with Gasteiger partial charge in [-0.3, -0.25) is 20.1 Å². The van der Waals surface area contributed by atoms with Gasteiger partial charge < -0.3 is 9.88 Å². The zero-order valence-electron chi connectivity index (χ0n) is 18.8. The SMILES string of the molecule is CN(C)Cc1cncc(-c2ccc3[nH]nc(-c4cc5c(-c6cccnc6)cncc5[nH]4)c3n2)c1. The van der Waals surface area contributed by atoms with Crippen molar-refractivity contribution in [2.75, 3.05) is 14.1 Å². The van der Waals surface area contributed by atoms with Crippen LogP contribution in [0.1, 0.15) is 5.56 Å². The van der Waals surface area contributed by atoms with Gasteiger partial charge in [-0.1, -0.05) is 6.07 Å². The van der Waals surface area contributed by atoms with Gasteiger partial charge in [-0.05, 0) is 50.0 Å². The second-order valence-electron chi connectivity index (χ2n) is 8.56. The zero-order valence-corrected chi connectivity index (χ0v) is 18.8. The molecule has 0 aliphatic carbocycles. The number of hydrogen-bond acceptors (Lipinski definition) is 6. The molecule has 8 nitrogen and oxygen atoms in total. The maximum Gasteiger partial charge on any atom is 0.135 e. The van der Waals surface area contributed by atoms with E-state index in [0.717, 1.165) is 67.8 Å². The summed E-state index contributed by atoms with van der Waals surface area (Å²) in [6, 6.07) is 12.2. The van der Waals surface area contributed by atoms with Gasteiger partial charge in [0.2, 0.25) is 0 Å². The van der Waals surface area contributed by atoms with E-state index >= 15 is 0 Å². The van der Waals surface area contributed by atoms with E-state index in [0.29, 0.717) is 0 Å². The summed E-state index contributed by atoms with van der Waals surface area (Å²) in [6.07, 6.45) is 11.0. The van der Waals surface area contributed by atoms with Crippen LogP contribution in [0.2, 0.25) is 0 Å². The highest BCUT2D eigenvalue weighted by Crippen LogP contribution is 2.33. The highest BCUT2D eigenvalue weighted by molar-refractivity contribution is 5.99. The molecule has 6 aromatic heterocycles. The Labute approximate surface area is 195 Å². The van der Waals surface area contributed by atoms with Crippen molar-refractivity contribution >= 4 is 21.9 Å². The molecule has 0 spiro atoms. The van der Waals surface area contributed by atoms with Gasteiger partial charge in [-0.2, -0.15) is 5.10 Å². The molecule has 8 heteroatoms. The van der Waals surface area contributed by atoms with Crippen molar-refractivity contribution in [1.82, 2.24) is 40.0 Å². The smallest absolute Gasteiger partial charge is 0.135 e. The molecule has 166 valence electrons. The van der Waals surface area contributed by atoms with Crippen LogP contribution >= 0.6 is 0 Å². The molecule has 0 amide bonds. The Balaban J connectivity index is 1.45. The van der Waals surface area contributed by atoms with Gasteiger partial charge in [0.15, 0.2) is 0 Å². The summed E-state index contributed by atoms with van der Waals surface area (Å²) in [5.41, 5.74) is 9.27. The molecule has 0 saturated heterocycles. The fourth-order valence-electron chi connectivity index (χ4n) is 4.26. The number of hydrogen-bond donors (Lipinski definition) is 2. The lowest BCUT2D eigenvalue weighted by molar-refractivity contribution is 0.402. The summed E-state index contributed by atoms with van der Waals surface area (Å²) in [5, 5.41) is 8.76. The topological polar surface area (TPSA) is 99.3 Å². The van der Waals surface area contributed by atoms with Gasteiger partial charge >= 0.3 is 0 Å². The van der Waals surface area contributed by atoms with Crippen LogP contribution in [0.3, 0.4) is 0 Å². The number of pyridine rings is 4. The number of aromatic nitrogens is 7. The predicted octanol–water partition coefficient (Wildman–Crippen LogP) is 4.69. The quantitative estimate of drug-likeness (QED) is 0.399. The van der Waals surface area contributed by atoms with Crippen LogP contribution < -0.4 is 0 Å². The standard InChI is InChI=1S/C26H22N8/c1-34(2)15-16-8-18(12-28-10-16)21-5-6-22-25(31-21)26(33-32-22)23-9-19-20(13-29-14-24(19)30-23)17-4-3-7-27-11-17/h3-14,30H,15H2,1-2H3,(H,32,33). The molecule has 0 atom stereocenters. The molecule has 0 radical (unpaired) electrons. The molecule has 0 fully saturated rings. The van der Waals surface area contributed by atoms with Crippen molar-refractivity contribution in [3.8, 4) is 33.8 Å². The van der Waals surface area contributed by atoms with E-state index in [9.17, 15) is 0 Å². The summed E-state index contributed by atoms with van der Waals surface area (Å²) in [4.78, 5) is 23.6. The molecule has 6 heterocycles. The van der Waals surface area contributed by atoms with Crippen molar-refractivity contribution in [3.63, 3.8) is 0 Å².